The molecule has 0 aliphatic rings. The predicted molar refractivity (Wildman–Crippen MR) is 76.1 cm³/mol. The first-order valence-electron chi connectivity index (χ1n) is 6.38. The Morgan fingerprint density at radius 3 is 2.30 bits per heavy atom. The number of hydrogen-bond acceptors (Lipinski definition) is 6. The second kappa shape index (κ2) is 11.2. The molecule has 3 N–H and O–H groups in total. The minimum absolute atomic E-state index is 0.0399. The van der Waals surface area contributed by atoms with Crippen molar-refractivity contribution >= 4 is 6.29 Å². The summed E-state index contributed by atoms with van der Waals surface area (Å²) in [6, 6.07) is 4.41. The molecule has 0 saturated carbocycles. The van der Waals surface area contributed by atoms with E-state index >= 15 is 0 Å². The van der Waals surface area contributed by atoms with Gasteiger partial charge in [0.2, 0.25) is 0 Å². The van der Waals surface area contributed by atoms with Gasteiger partial charge in [0.1, 0.15) is 6.29 Å². The van der Waals surface area contributed by atoms with E-state index in [1.165, 1.54) is 25.3 Å². The lowest BCUT2D eigenvalue weighted by atomic mass is 10.2. The van der Waals surface area contributed by atoms with Crippen LogP contribution in [0.1, 0.15) is 24.2 Å². The second-order valence-corrected chi connectivity index (χ2v) is 3.63. The number of aromatic hydroxyl groups is 1. The Balaban J connectivity index is 0.000000370. The molecule has 0 saturated heterocycles. The molecule has 1 aromatic carbocycles. The summed E-state index contributed by atoms with van der Waals surface area (Å²) in [6.45, 7) is 5.58. The number of aldehydes is 1. The summed E-state index contributed by atoms with van der Waals surface area (Å²) in [5.41, 5.74) is 5.78. The normalized spacial score (nSPS) is 9.85. The molecule has 0 fully saturated rings. The van der Waals surface area contributed by atoms with Crippen molar-refractivity contribution in [3.05, 3.63) is 23.8 Å². The lowest BCUT2D eigenvalue weighted by molar-refractivity contribution is -0.128. The highest BCUT2D eigenvalue weighted by atomic mass is 16.7. The van der Waals surface area contributed by atoms with Gasteiger partial charge >= 0.3 is 0 Å². The molecule has 0 heterocycles. The van der Waals surface area contributed by atoms with Crippen LogP contribution < -0.4 is 10.5 Å². The summed E-state index contributed by atoms with van der Waals surface area (Å²) in [7, 11) is 1.43. The average molecular weight is 285 g/mol. The van der Waals surface area contributed by atoms with Gasteiger partial charge in [-0.1, -0.05) is 0 Å². The summed E-state index contributed by atoms with van der Waals surface area (Å²) in [5, 5.41) is 9.09. The van der Waals surface area contributed by atoms with Crippen LogP contribution in [0.3, 0.4) is 0 Å². The number of methoxy groups -OCH3 is 1. The Bertz CT molecular complexity index is 378. The number of nitrogens with two attached hydrogens (primary N) is 1. The maximum atomic E-state index is 10.2. The van der Waals surface area contributed by atoms with E-state index < -0.39 is 0 Å². The van der Waals surface area contributed by atoms with Gasteiger partial charge in [-0.05, 0) is 32.0 Å². The van der Waals surface area contributed by atoms with E-state index in [2.05, 4.69) is 0 Å². The van der Waals surface area contributed by atoms with Crippen molar-refractivity contribution in [3.8, 4) is 11.5 Å². The number of carbonyl (C=O) groups excluding carboxylic acids is 1. The third-order valence-electron chi connectivity index (χ3n) is 2.24. The van der Waals surface area contributed by atoms with Crippen molar-refractivity contribution in [3.63, 3.8) is 0 Å². The van der Waals surface area contributed by atoms with Crippen LogP contribution in [0.25, 0.3) is 0 Å². The predicted octanol–water partition coefficient (Wildman–Crippen LogP) is 1.56. The van der Waals surface area contributed by atoms with E-state index in [9.17, 15) is 4.79 Å². The summed E-state index contributed by atoms with van der Waals surface area (Å²) in [5.74, 6) is 0.354. The third-order valence-corrected chi connectivity index (χ3v) is 2.24. The number of benzene rings is 1. The summed E-state index contributed by atoms with van der Waals surface area (Å²) in [4.78, 5) is 10.2. The van der Waals surface area contributed by atoms with Crippen LogP contribution in [0.2, 0.25) is 0 Å². The molecule has 0 bridgehead atoms. The van der Waals surface area contributed by atoms with Crippen LogP contribution in [0.15, 0.2) is 18.2 Å². The molecule has 0 radical (unpaired) electrons. The van der Waals surface area contributed by atoms with E-state index in [0.29, 0.717) is 37.4 Å². The fourth-order valence-electron chi connectivity index (χ4n) is 1.32. The molecule has 1 aromatic rings. The molecule has 0 atom stereocenters. The number of hydrogen-bond donors (Lipinski definition) is 2. The van der Waals surface area contributed by atoms with Crippen molar-refractivity contribution in [1.82, 2.24) is 0 Å². The van der Waals surface area contributed by atoms with Crippen LogP contribution >= 0.6 is 0 Å². The fraction of sp³-hybridized carbons (Fsp3) is 0.500. The second-order valence-electron chi connectivity index (χ2n) is 3.63. The number of phenols is 1. The topological polar surface area (TPSA) is 91.0 Å². The van der Waals surface area contributed by atoms with Gasteiger partial charge in [0, 0.05) is 25.3 Å². The molecule has 0 aromatic heterocycles. The van der Waals surface area contributed by atoms with Crippen molar-refractivity contribution in [1.29, 1.82) is 0 Å². The molecule has 0 aliphatic carbocycles. The Kier molecular flexibility index (Phi) is 10.3. The van der Waals surface area contributed by atoms with Gasteiger partial charge in [-0.2, -0.15) is 0 Å². The molecule has 0 aliphatic heterocycles. The quantitative estimate of drug-likeness (QED) is 0.583. The highest BCUT2D eigenvalue weighted by molar-refractivity contribution is 5.76. The maximum Gasteiger partial charge on any atom is 0.169 e. The Labute approximate surface area is 119 Å². The van der Waals surface area contributed by atoms with E-state index in [-0.39, 0.29) is 12.0 Å². The average Bonchev–Trinajstić information content (AvgIpc) is 2.48. The first kappa shape index (κ1) is 18.4. The summed E-state index contributed by atoms with van der Waals surface area (Å²) in [6.07, 6.45) is 0.488. The van der Waals surface area contributed by atoms with Crippen LogP contribution in [0.4, 0.5) is 0 Å². The van der Waals surface area contributed by atoms with Crippen LogP contribution in [-0.2, 0) is 9.47 Å². The minimum atomic E-state index is -0.208. The van der Waals surface area contributed by atoms with Gasteiger partial charge in [0.05, 0.1) is 7.11 Å². The Hall–Kier alpha value is -1.63. The molecular weight excluding hydrogens is 262 g/mol. The monoisotopic (exact) mass is 285 g/mol. The smallest absolute Gasteiger partial charge is 0.169 e. The number of carbonyl (C=O) groups is 1. The standard InChI is InChI=1S/C8H8O3.C6H15NO2/c1-11-8-4-6(5-9)2-3-7(8)10;1-3-8-6(5-7)9-4-2/h2-5,10H,1H3;6H,3-5,7H2,1-2H3. The molecule has 0 amide bonds. The summed E-state index contributed by atoms with van der Waals surface area (Å²) >= 11 is 0. The summed E-state index contributed by atoms with van der Waals surface area (Å²) < 4.78 is 14.9. The Morgan fingerprint density at radius 1 is 1.30 bits per heavy atom. The molecule has 0 unspecified atom stereocenters. The van der Waals surface area contributed by atoms with Gasteiger partial charge in [-0.3, -0.25) is 4.79 Å². The third kappa shape index (κ3) is 7.08. The number of ether oxygens (including phenoxy) is 3. The zero-order chi connectivity index (χ0) is 15.4. The van der Waals surface area contributed by atoms with Crippen LogP contribution in [-0.4, -0.2) is 44.6 Å². The highest BCUT2D eigenvalue weighted by Crippen LogP contribution is 2.25. The van der Waals surface area contributed by atoms with Gasteiger partial charge in [-0.15, -0.1) is 0 Å². The van der Waals surface area contributed by atoms with Crippen molar-refractivity contribution in [2.75, 3.05) is 26.9 Å². The lowest BCUT2D eigenvalue weighted by Gasteiger charge is -2.13. The Morgan fingerprint density at radius 2 is 1.90 bits per heavy atom. The van der Waals surface area contributed by atoms with Crippen LogP contribution in [0, 0.1) is 0 Å². The molecule has 1 rings (SSSR count). The largest absolute Gasteiger partial charge is 0.504 e. The van der Waals surface area contributed by atoms with E-state index in [1.807, 2.05) is 13.8 Å². The van der Waals surface area contributed by atoms with Gasteiger partial charge in [0.15, 0.2) is 17.8 Å². The number of rotatable bonds is 7. The first-order valence-corrected chi connectivity index (χ1v) is 6.38. The molecule has 6 heteroatoms. The van der Waals surface area contributed by atoms with Crippen molar-refractivity contribution in [2.24, 2.45) is 5.73 Å². The molecule has 6 nitrogen and oxygen atoms in total. The highest BCUT2D eigenvalue weighted by Gasteiger charge is 2.02. The zero-order valence-corrected chi connectivity index (χ0v) is 12.2. The van der Waals surface area contributed by atoms with E-state index in [1.54, 1.807) is 0 Å². The maximum absolute atomic E-state index is 10.2. The van der Waals surface area contributed by atoms with Crippen molar-refractivity contribution in [2.45, 2.75) is 20.1 Å². The molecule has 114 valence electrons. The van der Waals surface area contributed by atoms with E-state index in [4.69, 9.17) is 25.1 Å². The molecule has 20 heavy (non-hydrogen) atoms. The minimum Gasteiger partial charge on any atom is -0.504 e. The van der Waals surface area contributed by atoms with Gasteiger partial charge < -0.3 is 25.1 Å². The van der Waals surface area contributed by atoms with Gasteiger partial charge in [0.25, 0.3) is 0 Å². The van der Waals surface area contributed by atoms with Crippen molar-refractivity contribution < 1.29 is 24.1 Å². The zero-order valence-electron chi connectivity index (χ0n) is 12.2. The first-order chi connectivity index (χ1) is 9.62. The van der Waals surface area contributed by atoms with Crippen LogP contribution in [0.5, 0.6) is 11.5 Å². The van der Waals surface area contributed by atoms with Gasteiger partial charge in [-0.25, -0.2) is 0 Å². The van der Waals surface area contributed by atoms with E-state index in [0.717, 1.165) is 0 Å². The molecular formula is C14H23NO5. The fourth-order valence-corrected chi connectivity index (χ4v) is 1.32. The molecule has 0 spiro atoms. The lowest BCUT2D eigenvalue weighted by Crippen LogP contribution is -2.26. The number of phenolic OH excluding ortho intramolecular Hbond substituents is 1. The SMILES string of the molecule is CCOC(CN)OCC.COc1cc(C=O)ccc1O.